The van der Waals surface area contributed by atoms with E-state index < -0.39 is 8.07 Å². The summed E-state index contributed by atoms with van der Waals surface area (Å²) in [5.41, 5.74) is 1.33. The third-order valence-corrected chi connectivity index (χ3v) is 4.17. The topological polar surface area (TPSA) is 0 Å². The van der Waals surface area contributed by atoms with Crippen LogP contribution in [-0.2, 0) is 6.42 Å². The van der Waals surface area contributed by atoms with Crippen LogP contribution in [0.5, 0.6) is 0 Å². The van der Waals surface area contributed by atoms with Crippen molar-refractivity contribution in [1.29, 1.82) is 0 Å². The molecule has 0 saturated heterocycles. The predicted molar refractivity (Wildman–Crippen MR) is 58.5 cm³/mol. The third-order valence-electron chi connectivity index (χ3n) is 2.11. The Morgan fingerprint density at radius 3 is 1.92 bits per heavy atom. The van der Waals surface area contributed by atoms with E-state index >= 15 is 0 Å². The lowest BCUT2D eigenvalue weighted by Crippen LogP contribution is -2.37. The first-order chi connectivity index (χ1) is 5.54. The van der Waals surface area contributed by atoms with Crippen LogP contribution in [0.15, 0.2) is 24.3 Å². The van der Waals surface area contributed by atoms with E-state index in [4.69, 9.17) is 0 Å². The zero-order valence-corrected chi connectivity index (χ0v) is 9.22. The number of benzene rings is 1. The summed E-state index contributed by atoms with van der Waals surface area (Å²) in [6, 6.07) is 8.90. The van der Waals surface area contributed by atoms with E-state index in [-0.39, 0.29) is 0 Å². The molecule has 1 aromatic carbocycles. The van der Waals surface area contributed by atoms with Crippen LogP contribution in [0.2, 0.25) is 19.6 Å². The van der Waals surface area contributed by atoms with Crippen LogP contribution < -0.4 is 5.19 Å². The van der Waals surface area contributed by atoms with Gasteiger partial charge in [-0.25, -0.2) is 0 Å². The molecule has 0 unspecified atom stereocenters. The standard InChI is InChI=1S/C11H17Si/c1-5-10-6-8-11(9-7-10)12(2,3)4/h6-9H,1,5H2,2-4H3. The van der Waals surface area contributed by atoms with Gasteiger partial charge in [0, 0.05) is 0 Å². The highest BCUT2D eigenvalue weighted by Gasteiger charge is 2.15. The number of rotatable bonds is 2. The molecule has 0 nitrogen and oxygen atoms in total. The van der Waals surface area contributed by atoms with Crippen molar-refractivity contribution in [3.8, 4) is 0 Å². The van der Waals surface area contributed by atoms with Crippen molar-refractivity contribution >= 4 is 13.3 Å². The summed E-state index contributed by atoms with van der Waals surface area (Å²) in [4.78, 5) is 0. The van der Waals surface area contributed by atoms with Crippen LogP contribution in [0.3, 0.4) is 0 Å². The Bertz CT molecular complexity index is 241. The van der Waals surface area contributed by atoms with Gasteiger partial charge in [-0.3, -0.25) is 0 Å². The molecule has 0 N–H and O–H groups in total. The quantitative estimate of drug-likeness (QED) is 0.609. The maximum Gasteiger partial charge on any atom is 0.0775 e. The minimum atomic E-state index is -1.09. The van der Waals surface area contributed by atoms with E-state index in [2.05, 4.69) is 50.8 Å². The average molecular weight is 177 g/mol. The van der Waals surface area contributed by atoms with E-state index in [0.717, 1.165) is 6.42 Å². The molecule has 0 aliphatic rings. The van der Waals surface area contributed by atoms with E-state index in [0.29, 0.717) is 0 Å². The van der Waals surface area contributed by atoms with Crippen molar-refractivity contribution in [3.05, 3.63) is 36.8 Å². The predicted octanol–water partition coefficient (Wildman–Crippen LogP) is 2.61. The molecule has 0 aliphatic heterocycles. The Morgan fingerprint density at radius 2 is 1.58 bits per heavy atom. The minimum Gasteiger partial charge on any atom is -0.0656 e. The van der Waals surface area contributed by atoms with Crippen LogP contribution in [0.25, 0.3) is 0 Å². The first-order valence-electron chi connectivity index (χ1n) is 4.42. The summed E-state index contributed by atoms with van der Waals surface area (Å²) in [5, 5.41) is 1.53. The fraction of sp³-hybridized carbons (Fsp3) is 0.364. The average Bonchev–Trinajstić information content (AvgIpc) is 2.03. The van der Waals surface area contributed by atoms with Gasteiger partial charge in [0.15, 0.2) is 0 Å². The second-order valence-corrected chi connectivity index (χ2v) is 9.27. The van der Waals surface area contributed by atoms with Gasteiger partial charge < -0.3 is 0 Å². The second kappa shape index (κ2) is 3.44. The highest BCUT2D eigenvalue weighted by molar-refractivity contribution is 6.88. The van der Waals surface area contributed by atoms with E-state index in [1.807, 2.05) is 0 Å². The fourth-order valence-corrected chi connectivity index (χ4v) is 2.34. The fourth-order valence-electron chi connectivity index (χ4n) is 1.17. The highest BCUT2D eigenvalue weighted by Crippen LogP contribution is 2.04. The Morgan fingerprint density at radius 1 is 1.08 bits per heavy atom. The van der Waals surface area contributed by atoms with Crippen molar-refractivity contribution in [2.45, 2.75) is 26.1 Å². The minimum absolute atomic E-state index is 0.895. The Kier molecular flexibility index (Phi) is 2.73. The molecular weight excluding hydrogens is 160 g/mol. The van der Waals surface area contributed by atoms with Gasteiger partial charge in [-0.1, -0.05) is 49.1 Å². The molecule has 0 heterocycles. The van der Waals surface area contributed by atoms with Crippen molar-refractivity contribution in [2.75, 3.05) is 0 Å². The molecule has 0 atom stereocenters. The maximum atomic E-state index is 3.86. The van der Waals surface area contributed by atoms with Crippen LogP contribution in [-0.4, -0.2) is 8.07 Å². The summed E-state index contributed by atoms with van der Waals surface area (Å²) in [6.07, 6.45) is 0.895. The molecule has 12 heavy (non-hydrogen) atoms. The van der Waals surface area contributed by atoms with Gasteiger partial charge in [0.2, 0.25) is 0 Å². The first-order valence-corrected chi connectivity index (χ1v) is 7.92. The van der Waals surface area contributed by atoms with E-state index in [1.54, 1.807) is 0 Å². The molecule has 1 rings (SSSR count). The summed E-state index contributed by atoms with van der Waals surface area (Å²) >= 11 is 0. The SMILES string of the molecule is [CH2]Cc1ccc([Si](C)(C)C)cc1. The summed E-state index contributed by atoms with van der Waals surface area (Å²) in [6.45, 7) is 11.0. The van der Waals surface area contributed by atoms with Crippen LogP contribution >= 0.6 is 0 Å². The monoisotopic (exact) mass is 177 g/mol. The van der Waals surface area contributed by atoms with Gasteiger partial charge in [0.1, 0.15) is 0 Å². The molecular formula is C11H17Si. The van der Waals surface area contributed by atoms with Gasteiger partial charge in [-0.05, 0) is 18.9 Å². The maximum absolute atomic E-state index is 3.86. The Hall–Kier alpha value is -0.563. The first kappa shape index (κ1) is 9.52. The summed E-state index contributed by atoms with van der Waals surface area (Å²) < 4.78 is 0. The molecule has 65 valence electrons. The number of hydrogen-bond acceptors (Lipinski definition) is 0. The summed E-state index contributed by atoms with van der Waals surface area (Å²) in [5.74, 6) is 0. The van der Waals surface area contributed by atoms with Crippen LogP contribution in [0, 0.1) is 6.92 Å². The lowest BCUT2D eigenvalue weighted by Gasteiger charge is -2.16. The van der Waals surface area contributed by atoms with Gasteiger partial charge in [-0.2, -0.15) is 0 Å². The van der Waals surface area contributed by atoms with E-state index in [9.17, 15) is 0 Å². The molecule has 1 aromatic rings. The van der Waals surface area contributed by atoms with Gasteiger partial charge in [-0.15, -0.1) is 0 Å². The smallest absolute Gasteiger partial charge is 0.0656 e. The van der Waals surface area contributed by atoms with Crippen molar-refractivity contribution < 1.29 is 0 Å². The molecule has 0 fully saturated rings. The highest BCUT2D eigenvalue weighted by atomic mass is 28.3. The van der Waals surface area contributed by atoms with E-state index in [1.165, 1.54) is 10.8 Å². The van der Waals surface area contributed by atoms with Crippen LogP contribution in [0.1, 0.15) is 5.56 Å². The lowest BCUT2D eigenvalue weighted by atomic mass is 10.2. The molecule has 1 heteroatoms. The number of hydrogen-bond donors (Lipinski definition) is 0. The summed E-state index contributed by atoms with van der Waals surface area (Å²) in [7, 11) is -1.09. The largest absolute Gasteiger partial charge is 0.0775 e. The molecule has 0 bridgehead atoms. The normalized spacial score (nSPS) is 11.7. The second-order valence-electron chi connectivity index (χ2n) is 4.20. The molecule has 0 amide bonds. The molecule has 1 radical (unpaired) electrons. The van der Waals surface area contributed by atoms with Crippen molar-refractivity contribution in [3.63, 3.8) is 0 Å². The van der Waals surface area contributed by atoms with Crippen LogP contribution in [0.4, 0.5) is 0 Å². The molecule has 0 aromatic heterocycles. The van der Waals surface area contributed by atoms with Gasteiger partial charge in [0.05, 0.1) is 8.07 Å². The third kappa shape index (κ3) is 2.21. The van der Waals surface area contributed by atoms with Gasteiger partial charge in [0.25, 0.3) is 0 Å². The molecule has 0 spiro atoms. The zero-order chi connectivity index (χ0) is 9.19. The van der Waals surface area contributed by atoms with Gasteiger partial charge >= 0.3 is 0 Å². The Balaban J connectivity index is 2.93. The van der Waals surface area contributed by atoms with Crippen molar-refractivity contribution in [2.24, 2.45) is 0 Å². The molecule has 0 aliphatic carbocycles. The zero-order valence-electron chi connectivity index (χ0n) is 8.22. The van der Waals surface area contributed by atoms with Crippen molar-refractivity contribution in [1.82, 2.24) is 0 Å². The lowest BCUT2D eigenvalue weighted by molar-refractivity contribution is 1.28. The Labute approximate surface area is 76.6 Å². The molecule has 0 saturated carbocycles.